The zero-order chi connectivity index (χ0) is 21.0. The quantitative estimate of drug-likeness (QED) is 0.435. The molecule has 0 radical (unpaired) electrons. The van der Waals surface area contributed by atoms with Gasteiger partial charge < -0.3 is 15.4 Å². The van der Waals surface area contributed by atoms with E-state index in [2.05, 4.69) is 10.6 Å². The van der Waals surface area contributed by atoms with Crippen LogP contribution < -0.4 is 10.6 Å². The Morgan fingerprint density at radius 3 is 2.39 bits per heavy atom. The molecule has 0 saturated heterocycles. The van der Waals surface area contributed by atoms with Crippen LogP contribution in [0.15, 0.2) is 18.2 Å². The van der Waals surface area contributed by atoms with E-state index >= 15 is 0 Å². The van der Waals surface area contributed by atoms with Gasteiger partial charge in [-0.3, -0.25) is 4.79 Å². The predicted molar refractivity (Wildman–Crippen MR) is 129 cm³/mol. The zero-order valence-corrected chi connectivity index (χ0v) is 20.3. The Hall–Kier alpha value is -0.810. The first-order valence-corrected chi connectivity index (χ1v) is 12.2. The smallest absolute Gasteiger partial charge is 0.252 e. The second-order valence-corrected chi connectivity index (χ2v) is 10.5. The van der Waals surface area contributed by atoms with Crippen LogP contribution in [0.2, 0.25) is 5.02 Å². The van der Waals surface area contributed by atoms with E-state index in [9.17, 15) is 4.79 Å². The molecule has 4 fully saturated rings. The van der Waals surface area contributed by atoms with Crippen molar-refractivity contribution >= 4 is 29.9 Å². The van der Waals surface area contributed by atoms with Gasteiger partial charge in [-0.2, -0.15) is 0 Å². The summed E-state index contributed by atoms with van der Waals surface area (Å²) < 4.78 is 5.67. The molecule has 31 heavy (non-hydrogen) atoms. The molecule has 1 aromatic carbocycles. The maximum absolute atomic E-state index is 13.0. The van der Waals surface area contributed by atoms with Crippen LogP contribution in [-0.4, -0.2) is 39.3 Å². The third kappa shape index (κ3) is 6.37. The largest absolute Gasteiger partial charge is 0.381 e. The fraction of sp³-hybridized carbons (Fsp3) is 0.720. The van der Waals surface area contributed by atoms with E-state index in [1.165, 1.54) is 38.5 Å². The summed E-state index contributed by atoms with van der Waals surface area (Å²) in [6.07, 6.45) is 11.1. The Morgan fingerprint density at radius 2 is 1.74 bits per heavy atom. The van der Waals surface area contributed by atoms with Gasteiger partial charge >= 0.3 is 0 Å². The molecule has 6 heteroatoms. The van der Waals surface area contributed by atoms with Crippen LogP contribution in [0.25, 0.3) is 0 Å². The van der Waals surface area contributed by atoms with Crippen molar-refractivity contribution in [1.29, 1.82) is 0 Å². The molecular weight excluding hydrogens is 431 g/mol. The number of hydrogen-bond acceptors (Lipinski definition) is 3. The highest BCUT2D eigenvalue weighted by Crippen LogP contribution is 2.59. The van der Waals surface area contributed by atoms with E-state index in [-0.39, 0.29) is 18.3 Å². The third-order valence-electron chi connectivity index (χ3n) is 7.53. The predicted octanol–water partition coefficient (Wildman–Crippen LogP) is 5.27. The Labute approximate surface area is 198 Å². The molecule has 4 nitrogen and oxygen atoms in total. The monoisotopic (exact) mass is 468 g/mol. The van der Waals surface area contributed by atoms with E-state index in [1.54, 1.807) is 0 Å². The van der Waals surface area contributed by atoms with Gasteiger partial charge in [-0.25, -0.2) is 0 Å². The van der Waals surface area contributed by atoms with Crippen LogP contribution in [0.4, 0.5) is 0 Å². The average Bonchev–Trinajstić information content (AvgIpc) is 2.71. The van der Waals surface area contributed by atoms with Crippen molar-refractivity contribution < 1.29 is 9.53 Å². The summed E-state index contributed by atoms with van der Waals surface area (Å²) in [6, 6.07) is 5.86. The van der Waals surface area contributed by atoms with Crippen LogP contribution in [0.1, 0.15) is 67.3 Å². The van der Waals surface area contributed by atoms with Crippen LogP contribution >= 0.6 is 24.0 Å². The number of hydrogen-bond donors (Lipinski definition) is 2. The number of nitrogens with one attached hydrogen (secondary N) is 2. The van der Waals surface area contributed by atoms with Gasteiger partial charge in [0.1, 0.15) is 0 Å². The molecule has 0 atom stereocenters. The average molecular weight is 469 g/mol. The van der Waals surface area contributed by atoms with Gasteiger partial charge in [-0.1, -0.05) is 17.7 Å². The highest BCUT2D eigenvalue weighted by atomic mass is 35.5. The van der Waals surface area contributed by atoms with Gasteiger partial charge in [0, 0.05) is 19.8 Å². The normalized spacial score (nSPS) is 28.4. The lowest BCUT2D eigenvalue weighted by atomic mass is 9.49. The lowest BCUT2D eigenvalue weighted by Crippen LogP contribution is -2.51. The Balaban J connectivity index is 0.00000272. The molecule has 5 rings (SSSR count). The van der Waals surface area contributed by atoms with Gasteiger partial charge in [-0.15, -0.1) is 12.4 Å². The summed E-state index contributed by atoms with van der Waals surface area (Å²) in [5.74, 6) is 2.70. The van der Waals surface area contributed by atoms with E-state index < -0.39 is 0 Å². The van der Waals surface area contributed by atoms with Crippen molar-refractivity contribution in [2.75, 3.05) is 33.4 Å². The lowest BCUT2D eigenvalue weighted by molar-refractivity contribution is -0.0503. The standard InChI is InChI=1S/C25H37ClN2O2.ClH/c1-27-7-3-9-30-8-2-4-18-5-6-23(26)22(13-18)24(29)28-17-25-14-19-10-20(15-25)12-21(11-19)16-25;/h5-6,13,19-21,27H,2-4,7-12,14-17H2,1H3,(H,28,29);1H. The Morgan fingerprint density at radius 1 is 1.10 bits per heavy atom. The summed E-state index contributed by atoms with van der Waals surface area (Å²) in [7, 11) is 1.96. The van der Waals surface area contributed by atoms with E-state index in [0.717, 1.165) is 68.9 Å². The molecule has 1 amide bonds. The first-order chi connectivity index (χ1) is 14.6. The number of ether oxygens (including phenoxy) is 1. The van der Waals surface area contributed by atoms with Crippen molar-refractivity contribution in [3.8, 4) is 0 Å². The minimum absolute atomic E-state index is 0. The molecular formula is C25H38Cl2N2O2. The molecule has 0 spiro atoms. The minimum atomic E-state index is -0.0130. The molecule has 0 heterocycles. The molecule has 4 aliphatic rings. The SMILES string of the molecule is CNCCCOCCCc1ccc(Cl)c(C(=O)NCC23CC4CC(CC(C4)C2)C3)c1.Cl. The van der Waals surface area contributed by atoms with Crippen LogP contribution in [0.3, 0.4) is 0 Å². The molecule has 2 N–H and O–H groups in total. The van der Waals surface area contributed by atoms with Crippen molar-refractivity contribution in [2.24, 2.45) is 23.2 Å². The summed E-state index contributed by atoms with van der Waals surface area (Å²) in [5, 5.41) is 6.94. The number of halogens is 2. The minimum Gasteiger partial charge on any atom is -0.381 e. The zero-order valence-electron chi connectivity index (χ0n) is 18.8. The molecule has 0 unspecified atom stereocenters. The van der Waals surface area contributed by atoms with Crippen molar-refractivity contribution in [1.82, 2.24) is 10.6 Å². The summed E-state index contributed by atoms with van der Waals surface area (Å²) in [4.78, 5) is 13.0. The first-order valence-electron chi connectivity index (χ1n) is 11.9. The number of aryl methyl sites for hydroxylation is 1. The molecule has 4 aliphatic carbocycles. The molecule has 0 aromatic heterocycles. The van der Waals surface area contributed by atoms with Crippen LogP contribution in [-0.2, 0) is 11.2 Å². The summed E-state index contributed by atoms with van der Waals surface area (Å²) >= 11 is 6.39. The van der Waals surface area contributed by atoms with Crippen LogP contribution in [0.5, 0.6) is 0 Å². The lowest BCUT2D eigenvalue weighted by Gasteiger charge is -2.56. The number of amides is 1. The second kappa shape index (κ2) is 11.4. The molecule has 1 aromatic rings. The number of carbonyl (C=O) groups excluding carboxylic acids is 1. The highest BCUT2D eigenvalue weighted by molar-refractivity contribution is 6.33. The number of rotatable bonds is 11. The highest BCUT2D eigenvalue weighted by Gasteiger charge is 2.50. The van der Waals surface area contributed by atoms with Gasteiger partial charge in [-0.05, 0) is 112 Å². The topological polar surface area (TPSA) is 50.4 Å². The van der Waals surface area contributed by atoms with E-state index in [1.807, 2.05) is 25.2 Å². The van der Waals surface area contributed by atoms with Crippen LogP contribution in [0, 0.1) is 23.2 Å². The second-order valence-electron chi connectivity index (χ2n) is 10.1. The molecule has 4 bridgehead atoms. The Bertz CT molecular complexity index is 705. The van der Waals surface area contributed by atoms with E-state index in [0.29, 0.717) is 16.0 Å². The fourth-order valence-corrected chi connectivity index (χ4v) is 6.81. The molecule has 174 valence electrons. The molecule has 4 saturated carbocycles. The number of benzene rings is 1. The maximum Gasteiger partial charge on any atom is 0.252 e. The van der Waals surface area contributed by atoms with E-state index in [4.69, 9.17) is 16.3 Å². The maximum atomic E-state index is 13.0. The van der Waals surface area contributed by atoms with Crippen molar-refractivity contribution in [2.45, 2.75) is 57.8 Å². The van der Waals surface area contributed by atoms with Gasteiger partial charge in [0.15, 0.2) is 0 Å². The Kier molecular flexibility index (Phi) is 9.10. The van der Waals surface area contributed by atoms with Crippen molar-refractivity contribution in [3.63, 3.8) is 0 Å². The first kappa shape index (κ1) is 24.8. The van der Waals surface area contributed by atoms with Gasteiger partial charge in [0.05, 0.1) is 10.6 Å². The van der Waals surface area contributed by atoms with Gasteiger partial charge in [0.25, 0.3) is 5.91 Å². The van der Waals surface area contributed by atoms with Gasteiger partial charge in [0.2, 0.25) is 0 Å². The third-order valence-corrected chi connectivity index (χ3v) is 7.86. The summed E-state index contributed by atoms with van der Waals surface area (Å²) in [6.45, 7) is 3.34. The van der Waals surface area contributed by atoms with Crippen molar-refractivity contribution in [3.05, 3.63) is 34.3 Å². The fourth-order valence-electron chi connectivity index (χ4n) is 6.60. The number of carbonyl (C=O) groups is 1. The summed E-state index contributed by atoms with van der Waals surface area (Å²) in [5.41, 5.74) is 2.12. The molecule has 0 aliphatic heterocycles.